The van der Waals surface area contributed by atoms with E-state index in [9.17, 15) is 0 Å². The quantitative estimate of drug-likeness (QED) is 0.914. The number of nitrogens with one attached hydrogen (secondary N) is 1. The van der Waals surface area contributed by atoms with Crippen LogP contribution in [0.1, 0.15) is 25.5 Å². The van der Waals surface area contributed by atoms with Crippen LogP contribution in [-0.4, -0.2) is 31.1 Å². The summed E-state index contributed by atoms with van der Waals surface area (Å²) >= 11 is 8.47. The zero-order chi connectivity index (χ0) is 13.1. The van der Waals surface area contributed by atoms with Gasteiger partial charge in [0.15, 0.2) is 0 Å². The summed E-state index contributed by atoms with van der Waals surface area (Å²) in [4.78, 5) is 2.40. The number of halogens is 1. The Labute approximate surface area is 119 Å². The van der Waals surface area contributed by atoms with E-state index < -0.39 is 0 Å². The van der Waals surface area contributed by atoms with Crippen LogP contribution in [0.2, 0.25) is 5.02 Å². The maximum atomic E-state index is 6.44. The molecule has 0 amide bonds. The predicted octanol–water partition coefficient (Wildman–Crippen LogP) is 3.56. The van der Waals surface area contributed by atoms with E-state index in [1.54, 1.807) is 0 Å². The van der Waals surface area contributed by atoms with Crippen molar-refractivity contribution in [2.45, 2.75) is 25.1 Å². The molecular weight excluding hydrogens is 264 g/mol. The van der Waals surface area contributed by atoms with Crippen molar-refractivity contribution in [3.8, 4) is 0 Å². The minimum atomic E-state index is 0.340. The minimum Gasteiger partial charge on any atom is -0.368 e. The molecule has 1 heterocycles. The Kier molecular flexibility index (Phi) is 4.82. The molecule has 1 saturated heterocycles. The third-order valence-electron chi connectivity index (χ3n) is 3.49. The van der Waals surface area contributed by atoms with Gasteiger partial charge in [-0.2, -0.15) is 11.8 Å². The lowest BCUT2D eigenvalue weighted by Gasteiger charge is -2.33. The molecule has 0 spiro atoms. The summed E-state index contributed by atoms with van der Waals surface area (Å²) in [5, 5.41) is 4.79. The maximum Gasteiger partial charge on any atom is 0.0642 e. The first kappa shape index (κ1) is 14.0. The van der Waals surface area contributed by atoms with Crippen LogP contribution in [0.5, 0.6) is 0 Å². The zero-order valence-corrected chi connectivity index (χ0v) is 12.8. The standard InChI is InChI=1S/C14H21ClN2S/c1-10-9-17(6-7-18-10)14-5-4-12(8-13(14)15)11(2)16-3/h4-5,8,10-11,16H,6-7,9H2,1-3H3. The Morgan fingerprint density at radius 1 is 1.50 bits per heavy atom. The Morgan fingerprint density at radius 3 is 2.89 bits per heavy atom. The average molecular weight is 285 g/mol. The third-order valence-corrected chi connectivity index (χ3v) is 4.93. The number of anilines is 1. The molecule has 0 saturated carbocycles. The van der Waals surface area contributed by atoms with Gasteiger partial charge in [0.1, 0.15) is 0 Å². The Balaban J connectivity index is 2.19. The smallest absolute Gasteiger partial charge is 0.0642 e. The normalized spacial score (nSPS) is 22.0. The van der Waals surface area contributed by atoms with E-state index in [-0.39, 0.29) is 0 Å². The zero-order valence-electron chi connectivity index (χ0n) is 11.2. The number of nitrogens with zero attached hydrogens (tertiary/aromatic N) is 1. The Bertz CT molecular complexity index is 411. The fraction of sp³-hybridized carbons (Fsp3) is 0.571. The van der Waals surface area contributed by atoms with Crippen LogP contribution in [0.15, 0.2) is 18.2 Å². The molecule has 1 aromatic rings. The molecule has 1 fully saturated rings. The van der Waals surface area contributed by atoms with Crippen molar-refractivity contribution in [2.75, 3.05) is 30.8 Å². The summed E-state index contributed by atoms with van der Waals surface area (Å²) in [5.41, 5.74) is 2.42. The van der Waals surface area contributed by atoms with E-state index in [0.717, 1.165) is 18.1 Å². The SMILES string of the molecule is CNC(C)c1ccc(N2CCSC(C)C2)c(Cl)c1. The summed E-state index contributed by atoms with van der Waals surface area (Å²) in [6, 6.07) is 6.76. The first-order valence-electron chi connectivity index (χ1n) is 6.45. The van der Waals surface area contributed by atoms with Crippen molar-refractivity contribution in [2.24, 2.45) is 0 Å². The number of benzene rings is 1. The van der Waals surface area contributed by atoms with Gasteiger partial charge in [0.25, 0.3) is 0 Å². The second-order valence-corrected chi connectivity index (χ2v) is 6.80. The first-order chi connectivity index (χ1) is 8.61. The van der Waals surface area contributed by atoms with Crippen molar-refractivity contribution in [3.63, 3.8) is 0 Å². The van der Waals surface area contributed by atoms with Crippen LogP contribution in [0.4, 0.5) is 5.69 Å². The van der Waals surface area contributed by atoms with Crippen LogP contribution < -0.4 is 10.2 Å². The van der Waals surface area contributed by atoms with Gasteiger partial charge in [-0.3, -0.25) is 0 Å². The van der Waals surface area contributed by atoms with Gasteiger partial charge in [0, 0.05) is 30.1 Å². The molecule has 0 aliphatic carbocycles. The van der Waals surface area contributed by atoms with Gasteiger partial charge in [0.2, 0.25) is 0 Å². The third kappa shape index (κ3) is 3.14. The highest BCUT2D eigenvalue weighted by atomic mass is 35.5. The summed E-state index contributed by atoms with van der Waals surface area (Å²) in [5.74, 6) is 1.19. The molecular formula is C14H21ClN2S. The van der Waals surface area contributed by atoms with Crippen molar-refractivity contribution < 1.29 is 0 Å². The number of rotatable bonds is 3. The highest BCUT2D eigenvalue weighted by Crippen LogP contribution is 2.31. The van der Waals surface area contributed by atoms with E-state index in [0.29, 0.717) is 11.3 Å². The maximum absolute atomic E-state index is 6.44. The van der Waals surface area contributed by atoms with Crippen molar-refractivity contribution >= 4 is 29.1 Å². The highest BCUT2D eigenvalue weighted by Gasteiger charge is 2.19. The molecule has 2 rings (SSSR count). The van der Waals surface area contributed by atoms with E-state index in [2.05, 4.69) is 42.3 Å². The number of hydrogen-bond acceptors (Lipinski definition) is 3. The lowest BCUT2D eigenvalue weighted by molar-refractivity contribution is 0.652. The lowest BCUT2D eigenvalue weighted by atomic mass is 10.1. The summed E-state index contributed by atoms with van der Waals surface area (Å²) in [7, 11) is 1.97. The summed E-state index contributed by atoms with van der Waals surface area (Å²) < 4.78 is 0. The van der Waals surface area contributed by atoms with Crippen LogP contribution in [0, 0.1) is 0 Å². The van der Waals surface area contributed by atoms with E-state index >= 15 is 0 Å². The summed E-state index contributed by atoms with van der Waals surface area (Å²) in [6.07, 6.45) is 0. The molecule has 1 aromatic carbocycles. The van der Waals surface area contributed by atoms with Gasteiger partial charge < -0.3 is 10.2 Å². The number of hydrogen-bond donors (Lipinski definition) is 1. The van der Waals surface area contributed by atoms with Gasteiger partial charge in [-0.25, -0.2) is 0 Å². The van der Waals surface area contributed by atoms with Crippen LogP contribution in [-0.2, 0) is 0 Å². The summed E-state index contributed by atoms with van der Waals surface area (Å²) in [6.45, 7) is 6.61. The monoisotopic (exact) mass is 284 g/mol. The molecule has 1 aliphatic heterocycles. The fourth-order valence-corrected chi connectivity index (χ4v) is 3.57. The van der Waals surface area contributed by atoms with E-state index in [1.807, 2.05) is 18.8 Å². The highest BCUT2D eigenvalue weighted by molar-refractivity contribution is 8.00. The topological polar surface area (TPSA) is 15.3 Å². The molecule has 4 heteroatoms. The molecule has 18 heavy (non-hydrogen) atoms. The van der Waals surface area contributed by atoms with Gasteiger partial charge in [-0.1, -0.05) is 24.6 Å². The molecule has 100 valence electrons. The molecule has 1 N–H and O–H groups in total. The molecule has 2 unspecified atom stereocenters. The van der Waals surface area contributed by atoms with Gasteiger partial charge >= 0.3 is 0 Å². The van der Waals surface area contributed by atoms with Gasteiger partial charge in [0.05, 0.1) is 10.7 Å². The second kappa shape index (κ2) is 6.18. The van der Waals surface area contributed by atoms with Crippen molar-refractivity contribution in [1.82, 2.24) is 5.32 Å². The van der Waals surface area contributed by atoms with Crippen LogP contribution >= 0.6 is 23.4 Å². The molecule has 1 aliphatic rings. The largest absolute Gasteiger partial charge is 0.368 e. The molecule has 0 aromatic heterocycles. The number of thioether (sulfide) groups is 1. The first-order valence-corrected chi connectivity index (χ1v) is 7.87. The van der Waals surface area contributed by atoms with Crippen LogP contribution in [0.3, 0.4) is 0 Å². The Morgan fingerprint density at radius 2 is 2.28 bits per heavy atom. The molecule has 0 bridgehead atoms. The lowest BCUT2D eigenvalue weighted by Crippen LogP contribution is -2.36. The Hall–Kier alpha value is -0.380. The van der Waals surface area contributed by atoms with Crippen LogP contribution in [0.25, 0.3) is 0 Å². The average Bonchev–Trinajstić information content (AvgIpc) is 2.37. The fourth-order valence-electron chi connectivity index (χ4n) is 2.25. The molecule has 2 nitrogen and oxygen atoms in total. The van der Waals surface area contributed by atoms with Gasteiger partial charge in [-0.15, -0.1) is 0 Å². The van der Waals surface area contributed by atoms with Crippen molar-refractivity contribution in [1.29, 1.82) is 0 Å². The molecule has 0 radical (unpaired) electrons. The van der Waals surface area contributed by atoms with Gasteiger partial charge in [-0.05, 0) is 31.7 Å². The predicted molar refractivity (Wildman–Crippen MR) is 83.1 cm³/mol. The van der Waals surface area contributed by atoms with E-state index in [1.165, 1.54) is 17.0 Å². The van der Waals surface area contributed by atoms with E-state index in [4.69, 9.17) is 11.6 Å². The molecule has 2 atom stereocenters. The minimum absolute atomic E-state index is 0.340. The van der Waals surface area contributed by atoms with Crippen molar-refractivity contribution in [3.05, 3.63) is 28.8 Å². The second-order valence-electron chi connectivity index (χ2n) is 4.85.